The second-order valence-corrected chi connectivity index (χ2v) is 8.68. The predicted molar refractivity (Wildman–Crippen MR) is 140 cm³/mol. The molecule has 194 valence electrons. The van der Waals surface area contributed by atoms with E-state index in [1.807, 2.05) is 91.0 Å². The maximum Gasteiger partial charge on any atom is 0.416 e. The smallest absolute Gasteiger partial charge is 0.347 e. The van der Waals surface area contributed by atoms with Crippen molar-refractivity contribution in [3.63, 3.8) is 0 Å². The quantitative estimate of drug-likeness (QED) is 0.244. The molecule has 3 amide bonds. The Labute approximate surface area is 218 Å². The van der Waals surface area contributed by atoms with Gasteiger partial charge in [-0.2, -0.15) is 13.2 Å². The number of carbonyl (C=O) groups is 2. The molecular formula is C30H26F3N3O2. The van der Waals surface area contributed by atoms with E-state index in [2.05, 4.69) is 16.0 Å². The van der Waals surface area contributed by atoms with Crippen LogP contribution in [0.1, 0.15) is 34.3 Å². The summed E-state index contributed by atoms with van der Waals surface area (Å²) in [5.41, 5.74) is 1.75. The zero-order chi connectivity index (χ0) is 27.0. The Bertz CT molecular complexity index is 1330. The van der Waals surface area contributed by atoms with Crippen LogP contribution in [0.15, 0.2) is 115 Å². The van der Waals surface area contributed by atoms with Crippen LogP contribution in [0.3, 0.4) is 0 Å². The van der Waals surface area contributed by atoms with Gasteiger partial charge in [-0.05, 0) is 41.0 Å². The van der Waals surface area contributed by atoms with Crippen molar-refractivity contribution in [2.24, 2.45) is 0 Å². The number of hydrogen-bond acceptors (Lipinski definition) is 2. The molecule has 5 nitrogen and oxygen atoms in total. The molecule has 0 saturated carbocycles. The Morgan fingerprint density at radius 2 is 1.11 bits per heavy atom. The van der Waals surface area contributed by atoms with E-state index in [-0.39, 0.29) is 18.0 Å². The minimum atomic E-state index is -4.47. The Morgan fingerprint density at radius 1 is 0.632 bits per heavy atom. The molecule has 0 saturated heterocycles. The number of anilines is 1. The average Bonchev–Trinajstić information content (AvgIpc) is 2.92. The van der Waals surface area contributed by atoms with Gasteiger partial charge in [0.05, 0.1) is 24.1 Å². The van der Waals surface area contributed by atoms with Crippen LogP contribution in [-0.4, -0.2) is 11.9 Å². The van der Waals surface area contributed by atoms with E-state index in [1.165, 1.54) is 12.1 Å². The van der Waals surface area contributed by atoms with Gasteiger partial charge >= 0.3 is 12.2 Å². The first-order chi connectivity index (χ1) is 18.3. The number of urea groups is 1. The molecular weight excluding hydrogens is 491 g/mol. The number of nitrogens with one attached hydrogen (secondary N) is 3. The summed E-state index contributed by atoms with van der Waals surface area (Å²) < 4.78 is 38.7. The molecule has 0 bridgehead atoms. The minimum Gasteiger partial charge on any atom is -0.347 e. The number of halogens is 3. The van der Waals surface area contributed by atoms with Crippen LogP contribution < -0.4 is 16.0 Å². The Balaban J connectivity index is 1.59. The number of benzene rings is 4. The van der Waals surface area contributed by atoms with Crippen molar-refractivity contribution in [1.82, 2.24) is 10.6 Å². The van der Waals surface area contributed by atoms with Gasteiger partial charge in [0.1, 0.15) is 0 Å². The number of hydrogen-bond donors (Lipinski definition) is 3. The Kier molecular flexibility index (Phi) is 8.43. The summed E-state index contributed by atoms with van der Waals surface area (Å²) in [5, 5.41) is 8.56. The van der Waals surface area contributed by atoms with Gasteiger partial charge in [-0.15, -0.1) is 0 Å². The lowest BCUT2D eigenvalue weighted by Gasteiger charge is -2.30. The molecule has 4 aromatic carbocycles. The lowest BCUT2D eigenvalue weighted by Crippen LogP contribution is -2.42. The summed E-state index contributed by atoms with van der Waals surface area (Å²) in [5.74, 6) is -0.226. The van der Waals surface area contributed by atoms with Gasteiger partial charge < -0.3 is 16.0 Å². The lowest BCUT2D eigenvalue weighted by atomic mass is 9.93. The van der Waals surface area contributed by atoms with E-state index >= 15 is 0 Å². The van der Waals surface area contributed by atoms with E-state index in [4.69, 9.17) is 0 Å². The summed E-state index contributed by atoms with van der Waals surface area (Å²) in [4.78, 5) is 26.1. The standard InChI is InChI=1S/C30H26F3N3O2/c31-30(32,33)24-16-18-25(19-17-24)34-29(38)36-28(23-14-8-3-9-15-23)27(22-12-6-2-7-13-22)35-26(37)20-21-10-4-1-5-11-21/h1-19,27-28H,20H2,(H,35,37)(H2,34,36,38). The number of alkyl halides is 3. The van der Waals surface area contributed by atoms with E-state index in [0.29, 0.717) is 0 Å². The highest BCUT2D eigenvalue weighted by Gasteiger charge is 2.30. The predicted octanol–water partition coefficient (Wildman–Crippen LogP) is 6.67. The van der Waals surface area contributed by atoms with E-state index in [9.17, 15) is 22.8 Å². The molecule has 0 aliphatic heterocycles. The fourth-order valence-electron chi connectivity index (χ4n) is 4.10. The highest BCUT2D eigenvalue weighted by atomic mass is 19.4. The molecule has 0 aromatic heterocycles. The molecule has 0 aliphatic carbocycles. The van der Waals surface area contributed by atoms with Crippen molar-refractivity contribution in [3.05, 3.63) is 138 Å². The maximum absolute atomic E-state index is 13.1. The summed E-state index contributed by atoms with van der Waals surface area (Å²) in [6.45, 7) is 0. The molecule has 2 unspecified atom stereocenters. The number of rotatable bonds is 8. The van der Waals surface area contributed by atoms with Crippen LogP contribution in [0.5, 0.6) is 0 Å². The molecule has 4 aromatic rings. The molecule has 0 fully saturated rings. The van der Waals surface area contributed by atoms with Crippen molar-refractivity contribution in [1.29, 1.82) is 0 Å². The second-order valence-electron chi connectivity index (χ2n) is 8.68. The second kappa shape index (κ2) is 12.1. The van der Waals surface area contributed by atoms with Crippen LogP contribution in [0.2, 0.25) is 0 Å². The first-order valence-corrected chi connectivity index (χ1v) is 12.0. The summed E-state index contributed by atoms with van der Waals surface area (Å²) in [7, 11) is 0. The highest BCUT2D eigenvalue weighted by Crippen LogP contribution is 2.31. The first-order valence-electron chi connectivity index (χ1n) is 12.0. The fourth-order valence-corrected chi connectivity index (χ4v) is 4.10. The van der Waals surface area contributed by atoms with Gasteiger partial charge in [0.2, 0.25) is 5.91 Å². The van der Waals surface area contributed by atoms with Gasteiger partial charge in [-0.25, -0.2) is 4.79 Å². The van der Waals surface area contributed by atoms with Crippen molar-refractivity contribution >= 4 is 17.6 Å². The van der Waals surface area contributed by atoms with Crippen LogP contribution >= 0.6 is 0 Å². The third-order valence-corrected chi connectivity index (χ3v) is 5.93. The molecule has 0 spiro atoms. The van der Waals surface area contributed by atoms with Crippen LogP contribution in [-0.2, 0) is 17.4 Å². The van der Waals surface area contributed by atoms with Gasteiger partial charge in [0.15, 0.2) is 0 Å². The monoisotopic (exact) mass is 517 g/mol. The van der Waals surface area contributed by atoms with Crippen LogP contribution in [0.4, 0.5) is 23.7 Å². The maximum atomic E-state index is 13.1. The van der Waals surface area contributed by atoms with Gasteiger partial charge in [-0.3, -0.25) is 4.79 Å². The van der Waals surface area contributed by atoms with Crippen molar-refractivity contribution in [2.75, 3.05) is 5.32 Å². The van der Waals surface area contributed by atoms with Gasteiger partial charge in [0.25, 0.3) is 0 Å². The summed E-state index contributed by atoms with van der Waals surface area (Å²) in [6, 6.07) is 30.0. The van der Waals surface area contributed by atoms with Gasteiger partial charge in [0, 0.05) is 5.69 Å². The Morgan fingerprint density at radius 3 is 1.61 bits per heavy atom. The topological polar surface area (TPSA) is 70.2 Å². The number of amides is 3. The molecule has 0 aliphatic rings. The number of carbonyl (C=O) groups excluding carboxylic acids is 2. The zero-order valence-electron chi connectivity index (χ0n) is 20.3. The zero-order valence-corrected chi connectivity index (χ0v) is 20.3. The SMILES string of the molecule is O=C(Cc1ccccc1)NC(c1ccccc1)C(NC(=O)Nc1ccc(C(F)(F)F)cc1)c1ccccc1. The van der Waals surface area contributed by atoms with Crippen molar-refractivity contribution < 1.29 is 22.8 Å². The molecule has 0 heterocycles. The average molecular weight is 518 g/mol. The first kappa shape index (κ1) is 26.5. The summed E-state index contributed by atoms with van der Waals surface area (Å²) in [6.07, 6.45) is -4.32. The van der Waals surface area contributed by atoms with Crippen LogP contribution in [0.25, 0.3) is 0 Å². The normalized spacial score (nSPS) is 12.7. The molecule has 8 heteroatoms. The molecule has 4 rings (SSSR count). The minimum absolute atomic E-state index is 0.156. The molecule has 3 N–H and O–H groups in total. The third kappa shape index (κ3) is 7.22. The van der Waals surface area contributed by atoms with Crippen molar-refractivity contribution in [3.8, 4) is 0 Å². The lowest BCUT2D eigenvalue weighted by molar-refractivity contribution is -0.137. The largest absolute Gasteiger partial charge is 0.416 e. The van der Waals surface area contributed by atoms with Gasteiger partial charge in [-0.1, -0.05) is 91.0 Å². The van der Waals surface area contributed by atoms with E-state index < -0.39 is 29.9 Å². The fraction of sp³-hybridized carbons (Fsp3) is 0.133. The molecule has 0 radical (unpaired) electrons. The van der Waals surface area contributed by atoms with Crippen molar-refractivity contribution in [2.45, 2.75) is 24.7 Å². The molecule has 2 atom stereocenters. The van der Waals surface area contributed by atoms with Crippen LogP contribution in [0, 0.1) is 0 Å². The summed E-state index contributed by atoms with van der Waals surface area (Å²) >= 11 is 0. The highest BCUT2D eigenvalue weighted by molar-refractivity contribution is 5.89. The van der Waals surface area contributed by atoms with E-state index in [0.717, 1.165) is 28.8 Å². The van der Waals surface area contributed by atoms with E-state index in [1.54, 1.807) is 0 Å². The molecule has 38 heavy (non-hydrogen) atoms. The Hall–Kier alpha value is -4.59. The third-order valence-electron chi connectivity index (χ3n) is 5.93.